The van der Waals surface area contributed by atoms with Crippen LogP contribution in [0.3, 0.4) is 0 Å². The Kier molecular flexibility index (Phi) is 4.68. The van der Waals surface area contributed by atoms with Gasteiger partial charge in [-0.2, -0.15) is 0 Å². The fourth-order valence-corrected chi connectivity index (χ4v) is 4.30. The highest BCUT2D eigenvalue weighted by atomic mass is 32.2. The first-order chi connectivity index (χ1) is 8.97. The molecule has 19 heavy (non-hydrogen) atoms. The molecule has 0 spiro atoms. The maximum Gasteiger partial charge on any atom is 0.160 e. The van der Waals surface area contributed by atoms with Gasteiger partial charge < -0.3 is 9.73 Å². The van der Waals surface area contributed by atoms with Gasteiger partial charge in [-0.15, -0.1) is 0 Å². The van der Waals surface area contributed by atoms with Gasteiger partial charge in [0, 0.05) is 6.04 Å². The molecule has 1 aliphatic carbocycles. The number of nitrogens with one attached hydrogen (secondary N) is 1. The van der Waals surface area contributed by atoms with Crippen molar-refractivity contribution in [3.8, 4) is 0 Å². The highest BCUT2D eigenvalue weighted by Crippen LogP contribution is 2.27. The summed E-state index contributed by atoms with van der Waals surface area (Å²) in [6.07, 6.45) is 3.69. The van der Waals surface area contributed by atoms with Crippen LogP contribution in [0.4, 0.5) is 0 Å². The second-order valence-electron chi connectivity index (χ2n) is 5.62. The van der Waals surface area contributed by atoms with Gasteiger partial charge in [0.25, 0.3) is 0 Å². The molecule has 1 aromatic heterocycles. The lowest BCUT2D eigenvalue weighted by Gasteiger charge is -2.09. The zero-order valence-electron chi connectivity index (χ0n) is 11.7. The molecule has 1 saturated carbocycles. The summed E-state index contributed by atoms with van der Waals surface area (Å²) in [5.74, 6) is 1.40. The Morgan fingerprint density at radius 2 is 1.89 bits per heavy atom. The summed E-state index contributed by atoms with van der Waals surface area (Å²) in [6, 6.07) is 4.02. The van der Waals surface area contributed by atoms with Gasteiger partial charge in [0.05, 0.1) is 11.8 Å². The first kappa shape index (κ1) is 14.6. The van der Waals surface area contributed by atoms with Crippen molar-refractivity contribution in [3.63, 3.8) is 0 Å². The largest absolute Gasteiger partial charge is 0.464 e. The molecule has 4 nitrogen and oxygen atoms in total. The van der Waals surface area contributed by atoms with Crippen LogP contribution in [0.5, 0.6) is 0 Å². The van der Waals surface area contributed by atoms with Crippen molar-refractivity contribution in [2.45, 2.75) is 63.1 Å². The minimum Gasteiger partial charge on any atom is -0.464 e. The fraction of sp³-hybridized carbons (Fsp3) is 0.714. The van der Waals surface area contributed by atoms with E-state index in [1.165, 1.54) is 0 Å². The van der Waals surface area contributed by atoms with E-state index in [-0.39, 0.29) is 11.0 Å². The quantitative estimate of drug-likeness (QED) is 0.873. The van der Waals surface area contributed by atoms with E-state index in [0.717, 1.165) is 31.4 Å². The van der Waals surface area contributed by atoms with Crippen LogP contribution in [0.15, 0.2) is 16.5 Å². The van der Waals surface area contributed by atoms with Crippen molar-refractivity contribution >= 4 is 9.84 Å². The Labute approximate surface area is 115 Å². The highest BCUT2D eigenvalue weighted by Gasteiger charge is 2.29. The molecular formula is C14H23NO3S. The van der Waals surface area contributed by atoms with E-state index in [2.05, 4.69) is 19.2 Å². The van der Waals surface area contributed by atoms with E-state index in [4.69, 9.17) is 4.42 Å². The van der Waals surface area contributed by atoms with E-state index in [9.17, 15) is 8.42 Å². The molecule has 108 valence electrons. The van der Waals surface area contributed by atoms with Gasteiger partial charge in [0.15, 0.2) is 9.84 Å². The number of rotatable bonds is 6. The van der Waals surface area contributed by atoms with Crippen molar-refractivity contribution in [1.82, 2.24) is 5.32 Å². The molecule has 1 aliphatic rings. The minimum atomic E-state index is -3.05. The molecular weight excluding hydrogens is 262 g/mol. The first-order valence-electron chi connectivity index (χ1n) is 7.00. The van der Waals surface area contributed by atoms with Crippen LogP contribution in [-0.4, -0.2) is 19.7 Å². The Morgan fingerprint density at radius 1 is 1.26 bits per heavy atom. The van der Waals surface area contributed by atoms with Crippen LogP contribution in [-0.2, 0) is 22.1 Å². The maximum absolute atomic E-state index is 12.2. The van der Waals surface area contributed by atoms with Gasteiger partial charge in [0.2, 0.25) is 0 Å². The number of sulfone groups is 1. The van der Waals surface area contributed by atoms with Gasteiger partial charge in [-0.25, -0.2) is 8.42 Å². The Balaban J connectivity index is 1.95. The molecule has 0 atom stereocenters. The van der Waals surface area contributed by atoms with Crippen LogP contribution in [0.25, 0.3) is 0 Å². The van der Waals surface area contributed by atoms with Gasteiger partial charge in [-0.1, -0.05) is 26.7 Å². The summed E-state index contributed by atoms with van der Waals surface area (Å²) >= 11 is 0. The summed E-state index contributed by atoms with van der Waals surface area (Å²) in [4.78, 5) is 0. The third-order valence-electron chi connectivity index (χ3n) is 3.56. The molecule has 0 radical (unpaired) electrons. The number of hydrogen-bond donors (Lipinski definition) is 1. The van der Waals surface area contributed by atoms with Crippen LogP contribution in [0.1, 0.15) is 51.1 Å². The molecule has 0 bridgehead atoms. The van der Waals surface area contributed by atoms with E-state index in [1.54, 1.807) is 6.07 Å². The topological polar surface area (TPSA) is 59.3 Å². The van der Waals surface area contributed by atoms with Crippen LogP contribution < -0.4 is 5.32 Å². The van der Waals surface area contributed by atoms with Crippen molar-refractivity contribution in [2.75, 3.05) is 0 Å². The lowest BCUT2D eigenvalue weighted by atomic mass is 10.3. The third-order valence-corrected chi connectivity index (χ3v) is 5.73. The molecule has 0 aromatic carbocycles. The summed E-state index contributed by atoms with van der Waals surface area (Å²) in [5.41, 5.74) is 0. The SMILES string of the molecule is CC(C)NCc1ccc(CS(=O)(=O)C2CCCC2)o1. The van der Waals surface area contributed by atoms with E-state index in [0.29, 0.717) is 18.3 Å². The summed E-state index contributed by atoms with van der Waals surface area (Å²) in [5, 5.41) is 3.09. The molecule has 2 rings (SSSR count). The molecule has 1 N–H and O–H groups in total. The monoisotopic (exact) mass is 285 g/mol. The van der Waals surface area contributed by atoms with Crippen molar-refractivity contribution < 1.29 is 12.8 Å². The van der Waals surface area contributed by atoms with E-state index in [1.807, 2.05) is 6.07 Å². The Hall–Kier alpha value is -0.810. The average molecular weight is 285 g/mol. The molecule has 0 amide bonds. The van der Waals surface area contributed by atoms with Gasteiger partial charge in [0.1, 0.15) is 17.3 Å². The average Bonchev–Trinajstić information content (AvgIpc) is 2.96. The summed E-state index contributed by atoms with van der Waals surface area (Å²) in [7, 11) is -3.05. The lowest BCUT2D eigenvalue weighted by Crippen LogP contribution is -2.21. The maximum atomic E-state index is 12.2. The van der Waals surface area contributed by atoms with Crippen LogP contribution >= 0.6 is 0 Å². The molecule has 0 aliphatic heterocycles. The second-order valence-corrected chi connectivity index (χ2v) is 7.90. The zero-order valence-corrected chi connectivity index (χ0v) is 12.5. The normalized spacial score (nSPS) is 17.4. The minimum absolute atomic E-state index is 0.0410. The van der Waals surface area contributed by atoms with Gasteiger partial charge in [-0.05, 0) is 25.0 Å². The molecule has 1 fully saturated rings. The standard InChI is InChI=1S/C14H23NO3S/c1-11(2)15-9-12-7-8-13(18-12)10-19(16,17)14-5-3-4-6-14/h7-8,11,14-15H,3-6,9-10H2,1-2H3. The molecule has 0 saturated heterocycles. The predicted molar refractivity (Wildman–Crippen MR) is 75.6 cm³/mol. The summed E-state index contributed by atoms with van der Waals surface area (Å²) in [6.45, 7) is 4.77. The number of hydrogen-bond acceptors (Lipinski definition) is 4. The Bertz CT molecular complexity index is 499. The fourth-order valence-electron chi connectivity index (χ4n) is 2.46. The van der Waals surface area contributed by atoms with Crippen molar-refractivity contribution in [1.29, 1.82) is 0 Å². The van der Waals surface area contributed by atoms with Gasteiger partial charge in [-0.3, -0.25) is 0 Å². The second kappa shape index (κ2) is 6.09. The van der Waals surface area contributed by atoms with E-state index >= 15 is 0 Å². The van der Waals surface area contributed by atoms with Crippen molar-refractivity contribution in [3.05, 3.63) is 23.7 Å². The molecule has 0 unspecified atom stereocenters. The lowest BCUT2D eigenvalue weighted by molar-refractivity contribution is 0.442. The number of furan rings is 1. The van der Waals surface area contributed by atoms with Crippen LogP contribution in [0.2, 0.25) is 0 Å². The zero-order chi connectivity index (χ0) is 13.9. The van der Waals surface area contributed by atoms with Crippen LogP contribution in [0, 0.1) is 0 Å². The van der Waals surface area contributed by atoms with Crippen molar-refractivity contribution in [2.24, 2.45) is 0 Å². The molecule has 5 heteroatoms. The smallest absolute Gasteiger partial charge is 0.160 e. The molecule has 1 heterocycles. The molecule has 1 aromatic rings. The van der Waals surface area contributed by atoms with Gasteiger partial charge >= 0.3 is 0 Å². The first-order valence-corrected chi connectivity index (χ1v) is 8.71. The van der Waals surface area contributed by atoms with E-state index < -0.39 is 9.84 Å². The Morgan fingerprint density at radius 3 is 2.53 bits per heavy atom. The highest BCUT2D eigenvalue weighted by molar-refractivity contribution is 7.91. The predicted octanol–water partition coefficient (Wildman–Crippen LogP) is 2.64. The third kappa shape index (κ3) is 4.08. The summed E-state index contributed by atoms with van der Waals surface area (Å²) < 4.78 is 30.0.